The van der Waals surface area contributed by atoms with Crippen molar-refractivity contribution in [2.45, 2.75) is 13.3 Å². The lowest BCUT2D eigenvalue weighted by molar-refractivity contribution is -0.115. The quantitative estimate of drug-likeness (QED) is 0.668. The van der Waals surface area contributed by atoms with Crippen molar-refractivity contribution < 1.29 is 4.79 Å². The number of nitrogens with one attached hydrogen (secondary N) is 2. The van der Waals surface area contributed by atoms with Crippen LogP contribution in [0.1, 0.15) is 12.0 Å². The molecule has 0 bridgehead atoms. The lowest BCUT2D eigenvalue weighted by atomic mass is 10.2. The van der Waals surface area contributed by atoms with Crippen molar-refractivity contribution in [2.24, 2.45) is 0 Å². The smallest absolute Gasteiger partial charge is 0.226 e. The molecule has 0 aliphatic carbocycles. The largest absolute Gasteiger partial charge is 0.384 e. The summed E-state index contributed by atoms with van der Waals surface area (Å²) in [6.45, 7) is 2.61. The van der Waals surface area contributed by atoms with Crippen molar-refractivity contribution in [1.82, 2.24) is 4.98 Å². The van der Waals surface area contributed by atoms with Crippen LogP contribution in [0.3, 0.4) is 0 Å². The Morgan fingerprint density at radius 3 is 2.79 bits per heavy atom. The molecule has 3 rings (SSSR count). The van der Waals surface area contributed by atoms with E-state index in [1.54, 1.807) is 6.20 Å². The Balaban J connectivity index is 1.59. The number of nitrogens with zero attached hydrogens (tertiary/aromatic N) is 1. The minimum atomic E-state index is -0.0320. The molecule has 1 amide bonds. The van der Waals surface area contributed by atoms with Crippen LogP contribution >= 0.6 is 15.9 Å². The number of amides is 1. The minimum absolute atomic E-state index is 0.0320. The summed E-state index contributed by atoms with van der Waals surface area (Å²) in [5, 5.41) is 7.26. The molecule has 4 nitrogen and oxygen atoms in total. The van der Waals surface area contributed by atoms with E-state index in [0.717, 1.165) is 32.3 Å². The van der Waals surface area contributed by atoms with Gasteiger partial charge in [-0.15, -0.1) is 0 Å². The SMILES string of the molecule is Cc1cc(Br)ccc1NCCC(=O)Nc1cccc2cccnc12. The molecule has 0 saturated carbocycles. The van der Waals surface area contributed by atoms with Gasteiger partial charge in [-0.25, -0.2) is 0 Å². The van der Waals surface area contributed by atoms with Gasteiger partial charge in [0.05, 0.1) is 11.2 Å². The van der Waals surface area contributed by atoms with Crippen LogP contribution in [0.15, 0.2) is 59.2 Å². The first-order valence-electron chi connectivity index (χ1n) is 7.77. The third-order valence-corrected chi connectivity index (χ3v) is 4.26. The first-order valence-corrected chi connectivity index (χ1v) is 8.56. The summed E-state index contributed by atoms with van der Waals surface area (Å²) in [4.78, 5) is 16.5. The molecule has 1 aromatic heterocycles. The molecule has 0 fully saturated rings. The van der Waals surface area contributed by atoms with Crippen molar-refractivity contribution in [1.29, 1.82) is 0 Å². The van der Waals surface area contributed by atoms with Crippen molar-refractivity contribution in [3.05, 3.63) is 64.8 Å². The van der Waals surface area contributed by atoms with E-state index in [1.807, 2.05) is 55.5 Å². The molecule has 2 aromatic carbocycles. The maximum absolute atomic E-state index is 12.2. The van der Waals surface area contributed by atoms with Crippen molar-refractivity contribution in [3.8, 4) is 0 Å². The highest BCUT2D eigenvalue weighted by Crippen LogP contribution is 2.21. The van der Waals surface area contributed by atoms with Gasteiger partial charge in [0.1, 0.15) is 0 Å². The maximum atomic E-state index is 12.2. The molecule has 0 spiro atoms. The van der Waals surface area contributed by atoms with E-state index in [1.165, 1.54) is 0 Å². The second-order valence-electron chi connectivity index (χ2n) is 5.56. The third kappa shape index (κ3) is 3.92. The van der Waals surface area contributed by atoms with Crippen molar-refractivity contribution in [3.63, 3.8) is 0 Å². The van der Waals surface area contributed by atoms with E-state index in [0.29, 0.717) is 13.0 Å². The number of hydrogen-bond acceptors (Lipinski definition) is 3. The van der Waals surface area contributed by atoms with Gasteiger partial charge >= 0.3 is 0 Å². The van der Waals surface area contributed by atoms with Gasteiger partial charge in [-0.2, -0.15) is 0 Å². The van der Waals surface area contributed by atoms with Crippen LogP contribution in [0, 0.1) is 6.92 Å². The number of carbonyl (C=O) groups is 1. The van der Waals surface area contributed by atoms with Crippen molar-refractivity contribution in [2.75, 3.05) is 17.2 Å². The molecule has 2 N–H and O–H groups in total. The van der Waals surface area contributed by atoms with Crippen LogP contribution in [0.2, 0.25) is 0 Å². The number of aromatic nitrogens is 1. The Labute approximate surface area is 149 Å². The van der Waals surface area contributed by atoms with E-state index in [-0.39, 0.29) is 5.91 Å². The summed E-state index contributed by atoms with van der Waals surface area (Å²) in [6, 6.07) is 15.7. The van der Waals surface area contributed by atoms with E-state index < -0.39 is 0 Å². The van der Waals surface area contributed by atoms with E-state index in [9.17, 15) is 4.79 Å². The molecule has 5 heteroatoms. The lowest BCUT2D eigenvalue weighted by Crippen LogP contribution is -2.16. The average molecular weight is 384 g/mol. The molecule has 0 radical (unpaired) electrons. The van der Waals surface area contributed by atoms with Crippen LogP contribution in [0.4, 0.5) is 11.4 Å². The fourth-order valence-corrected chi connectivity index (χ4v) is 3.03. The minimum Gasteiger partial charge on any atom is -0.384 e. The van der Waals surface area contributed by atoms with Gasteiger partial charge in [0.2, 0.25) is 5.91 Å². The monoisotopic (exact) mass is 383 g/mol. The Hall–Kier alpha value is -2.40. The molecule has 0 atom stereocenters. The number of rotatable bonds is 5. The van der Waals surface area contributed by atoms with Crippen LogP contribution in [0.5, 0.6) is 0 Å². The van der Waals surface area contributed by atoms with Gasteiger partial charge < -0.3 is 10.6 Å². The molecule has 0 saturated heterocycles. The summed E-state index contributed by atoms with van der Waals surface area (Å²) >= 11 is 3.45. The normalized spacial score (nSPS) is 10.6. The average Bonchev–Trinajstić information content (AvgIpc) is 2.57. The predicted molar refractivity (Wildman–Crippen MR) is 102 cm³/mol. The molecular formula is C19H18BrN3O. The summed E-state index contributed by atoms with van der Waals surface area (Å²) in [5.74, 6) is -0.0320. The van der Waals surface area contributed by atoms with Gasteiger partial charge in [0.15, 0.2) is 0 Å². The van der Waals surface area contributed by atoms with Crippen molar-refractivity contribution >= 4 is 44.1 Å². The zero-order valence-electron chi connectivity index (χ0n) is 13.3. The lowest BCUT2D eigenvalue weighted by Gasteiger charge is -2.11. The molecular weight excluding hydrogens is 366 g/mol. The van der Waals surface area contributed by atoms with E-state index >= 15 is 0 Å². The van der Waals surface area contributed by atoms with E-state index in [4.69, 9.17) is 0 Å². The summed E-state index contributed by atoms with van der Waals surface area (Å²) < 4.78 is 1.05. The highest BCUT2D eigenvalue weighted by atomic mass is 79.9. The van der Waals surface area contributed by atoms with Crippen LogP contribution in [0.25, 0.3) is 10.9 Å². The van der Waals surface area contributed by atoms with Gasteiger partial charge in [0, 0.05) is 34.7 Å². The molecule has 122 valence electrons. The number of aryl methyl sites for hydroxylation is 1. The third-order valence-electron chi connectivity index (χ3n) is 3.76. The second kappa shape index (κ2) is 7.45. The Kier molecular flexibility index (Phi) is 5.11. The maximum Gasteiger partial charge on any atom is 0.226 e. The van der Waals surface area contributed by atoms with Gasteiger partial charge in [0.25, 0.3) is 0 Å². The molecule has 0 aliphatic rings. The number of carbonyl (C=O) groups excluding carboxylic acids is 1. The molecule has 0 aliphatic heterocycles. The highest BCUT2D eigenvalue weighted by Gasteiger charge is 2.07. The molecule has 0 unspecified atom stereocenters. The van der Waals surface area contributed by atoms with Crippen LogP contribution in [-0.2, 0) is 4.79 Å². The number of halogens is 1. The molecule has 1 heterocycles. The molecule has 3 aromatic rings. The van der Waals surface area contributed by atoms with Gasteiger partial charge in [-0.3, -0.25) is 9.78 Å². The topological polar surface area (TPSA) is 54.0 Å². The van der Waals surface area contributed by atoms with Gasteiger partial charge in [-0.1, -0.05) is 34.1 Å². The zero-order valence-corrected chi connectivity index (χ0v) is 14.9. The first-order chi connectivity index (χ1) is 11.6. The van der Waals surface area contributed by atoms with Crippen LogP contribution in [-0.4, -0.2) is 17.4 Å². The standard InChI is InChI=1S/C19H18BrN3O/c1-13-12-15(20)7-8-16(13)21-11-9-18(24)23-17-6-2-4-14-5-3-10-22-19(14)17/h2-8,10,12,21H,9,11H2,1H3,(H,23,24). The predicted octanol–water partition coefficient (Wildman–Crippen LogP) is 4.75. The second-order valence-corrected chi connectivity index (χ2v) is 6.48. The van der Waals surface area contributed by atoms with Gasteiger partial charge in [-0.05, 0) is 42.8 Å². The summed E-state index contributed by atoms with van der Waals surface area (Å²) in [7, 11) is 0. The first kappa shape index (κ1) is 16.5. The number of para-hydroxylation sites is 1. The number of pyridine rings is 1. The Morgan fingerprint density at radius 2 is 1.96 bits per heavy atom. The number of fused-ring (bicyclic) bond motifs is 1. The molecule has 24 heavy (non-hydrogen) atoms. The fraction of sp³-hybridized carbons (Fsp3) is 0.158. The Bertz CT molecular complexity index is 874. The Morgan fingerprint density at radius 1 is 1.12 bits per heavy atom. The number of hydrogen-bond donors (Lipinski definition) is 2. The highest BCUT2D eigenvalue weighted by molar-refractivity contribution is 9.10. The fourth-order valence-electron chi connectivity index (χ4n) is 2.55. The zero-order chi connectivity index (χ0) is 16.9. The summed E-state index contributed by atoms with van der Waals surface area (Å²) in [6.07, 6.45) is 2.12. The van der Waals surface area contributed by atoms with E-state index in [2.05, 4.69) is 31.5 Å². The summed E-state index contributed by atoms with van der Waals surface area (Å²) in [5.41, 5.74) is 3.74. The number of benzene rings is 2. The van der Waals surface area contributed by atoms with Crippen LogP contribution < -0.4 is 10.6 Å². The number of anilines is 2.